The molecule has 1 aromatic carbocycles. The summed E-state index contributed by atoms with van der Waals surface area (Å²) in [6.45, 7) is 0. The molecule has 0 spiro atoms. The van der Waals surface area contributed by atoms with E-state index in [2.05, 4.69) is 10.3 Å². The molecule has 1 saturated heterocycles. The van der Waals surface area contributed by atoms with Gasteiger partial charge in [0.25, 0.3) is 5.24 Å². The van der Waals surface area contributed by atoms with Gasteiger partial charge >= 0.3 is 0 Å². The summed E-state index contributed by atoms with van der Waals surface area (Å²) in [7, 11) is 0. The maximum absolute atomic E-state index is 12.9. The Bertz CT molecular complexity index is 690. The standard InChI is InChI=1S/C14H9FN2OS2/c15-9-3-5-10(6-4-9)16-13-12(20-14(18)17-13)8-11-2-1-7-19-11/h1-8H,(H,16,17,18). The average Bonchev–Trinajstić information content (AvgIpc) is 3.03. The zero-order chi connectivity index (χ0) is 13.9. The molecule has 1 aliphatic rings. The number of thiophene rings is 1. The predicted molar refractivity (Wildman–Crippen MR) is 81.9 cm³/mol. The van der Waals surface area contributed by atoms with Crippen LogP contribution in [-0.4, -0.2) is 11.1 Å². The number of benzene rings is 1. The summed E-state index contributed by atoms with van der Waals surface area (Å²) in [6.07, 6.45) is 1.91. The van der Waals surface area contributed by atoms with Crippen LogP contribution in [0.15, 0.2) is 51.7 Å². The third-order valence-corrected chi connectivity index (χ3v) is 4.18. The Hall–Kier alpha value is -1.92. The summed E-state index contributed by atoms with van der Waals surface area (Å²) in [5.41, 5.74) is 0.598. The minimum absolute atomic E-state index is 0.159. The van der Waals surface area contributed by atoms with Gasteiger partial charge in [0.1, 0.15) is 11.7 Å². The second-order valence-electron chi connectivity index (χ2n) is 3.98. The van der Waals surface area contributed by atoms with E-state index < -0.39 is 0 Å². The number of hydrogen-bond donors (Lipinski definition) is 1. The average molecular weight is 304 g/mol. The molecule has 0 atom stereocenters. The van der Waals surface area contributed by atoms with Crippen molar-refractivity contribution in [2.75, 3.05) is 0 Å². The third kappa shape index (κ3) is 2.97. The zero-order valence-corrected chi connectivity index (χ0v) is 11.8. The first kappa shape index (κ1) is 13.1. The SMILES string of the molecule is O=C1NC(=Nc2ccc(F)cc2)C(=Cc2cccs2)S1. The minimum atomic E-state index is -0.312. The number of thioether (sulfide) groups is 1. The van der Waals surface area contributed by atoms with E-state index in [1.807, 2.05) is 23.6 Å². The Labute approximate surface area is 123 Å². The van der Waals surface area contributed by atoms with Crippen molar-refractivity contribution in [3.05, 3.63) is 57.4 Å². The predicted octanol–water partition coefficient (Wildman–Crippen LogP) is 4.41. The van der Waals surface area contributed by atoms with Gasteiger partial charge in [0.15, 0.2) is 0 Å². The van der Waals surface area contributed by atoms with Crippen LogP contribution in [0.5, 0.6) is 0 Å². The second-order valence-corrected chi connectivity index (χ2v) is 5.97. The van der Waals surface area contributed by atoms with Crippen LogP contribution in [0.2, 0.25) is 0 Å². The van der Waals surface area contributed by atoms with Crippen LogP contribution >= 0.6 is 23.1 Å². The van der Waals surface area contributed by atoms with Crippen LogP contribution in [0.25, 0.3) is 6.08 Å². The van der Waals surface area contributed by atoms with Gasteiger partial charge in [-0.3, -0.25) is 4.79 Å². The smallest absolute Gasteiger partial charge is 0.289 e. The maximum Gasteiger partial charge on any atom is 0.289 e. The molecule has 3 nitrogen and oxygen atoms in total. The molecule has 0 radical (unpaired) electrons. The van der Waals surface area contributed by atoms with Gasteiger partial charge in [-0.15, -0.1) is 11.3 Å². The largest absolute Gasteiger partial charge is 0.300 e. The molecule has 1 fully saturated rings. The Kier molecular flexibility index (Phi) is 3.66. The second kappa shape index (κ2) is 5.60. The van der Waals surface area contributed by atoms with E-state index in [1.165, 1.54) is 12.1 Å². The molecule has 0 aliphatic carbocycles. The van der Waals surface area contributed by atoms with Crippen molar-refractivity contribution in [3.8, 4) is 0 Å². The van der Waals surface area contributed by atoms with Crippen molar-refractivity contribution < 1.29 is 9.18 Å². The Balaban J connectivity index is 1.94. The molecular formula is C14H9FN2OS2. The van der Waals surface area contributed by atoms with Gasteiger partial charge in [0.2, 0.25) is 0 Å². The van der Waals surface area contributed by atoms with Gasteiger partial charge in [-0.05, 0) is 53.5 Å². The normalized spacial score (nSPS) is 18.8. The number of carbonyl (C=O) groups is 1. The maximum atomic E-state index is 12.9. The number of rotatable bonds is 2. The van der Waals surface area contributed by atoms with Crippen molar-refractivity contribution in [1.29, 1.82) is 0 Å². The number of aliphatic imine (C=N–C) groups is 1. The third-order valence-electron chi connectivity index (χ3n) is 2.54. The quantitative estimate of drug-likeness (QED) is 0.892. The summed E-state index contributed by atoms with van der Waals surface area (Å²) in [5, 5.41) is 4.51. The van der Waals surface area contributed by atoms with Gasteiger partial charge in [-0.2, -0.15) is 0 Å². The molecule has 1 N–H and O–H groups in total. The summed E-state index contributed by atoms with van der Waals surface area (Å²) >= 11 is 2.70. The molecule has 2 aromatic rings. The van der Waals surface area contributed by atoms with Crippen molar-refractivity contribution in [2.45, 2.75) is 0 Å². The first-order valence-corrected chi connectivity index (χ1v) is 7.49. The van der Waals surface area contributed by atoms with Crippen LogP contribution < -0.4 is 5.32 Å². The van der Waals surface area contributed by atoms with Crippen molar-refractivity contribution in [2.24, 2.45) is 4.99 Å². The Morgan fingerprint density at radius 3 is 2.70 bits per heavy atom. The van der Waals surface area contributed by atoms with Crippen LogP contribution in [0.3, 0.4) is 0 Å². The van der Waals surface area contributed by atoms with E-state index in [-0.39, 0.29) is 11.1 Å². The molecule has 1 amide bonds. The summed E-state index contributed by atoms with van der Waals surface area (Å²) in [5.74, 6) is 0.188. The molecule has 0 bridgehead atoms. The number of hydrogen-bond acceptors (Lipinski definition) is 4. The first-order valence-electron chi connectivity index (χ1n) is 5.79. The fraction of sp³-hybridized carbons (Fsp3) is 0. The highest BCUT2D eigenvalue weighted by Gasteiger charge is 2.23. The van der Waals surface area contributed by atoms with E-state index in [9.17, 15) is 9.18 Å². The molecule has 100 valence electrons. The van der Waals surface area contributed by atoms with Crippen LogP contribution in [0.4, 0.5) is 14.9 Å². The number of nitrogens with one attached hydrogen (secondary N) is 1. The molecule has 6 heteroatoms. The molecule has 0 unspecified atom stereocenters. The van der Waals surface area contributed by atoms with E-state index in [1.54, 1.807) is 23.5 Å². The highest BCUT2D eigenvalue weighted by atomic mass is 32.2. The lowest BCUT2D eigenvalue weighted by atomic mass is 10.3. The van der Waals surface area contributed by atoms with Gasteiger partial charge in [-0.25, -0.2) is 9.38 Å². The number of halogens is 1. The van der Waals surface area contributed by atoms with E-state index in [0.717, 1.165) is 21.5 Å². The zero-order valence-electron chi connectivity index (χ0n) is 10.2. The lowest BCUT2D eigenvalue weighted by Gasteiger charge is -1.99. The van der Waals surface area contributed by atoms with E-state index in [4.69, 9.17) is 0 Å². The molecule has 1 aliphatic heterocycles. The van der Waals surface area contributed by atoms with Crippen LogP contribution in [-0.2, 0) is 0 Å². The highest BCUT2D eigenvalue weighted by molar-refractivity contribution is 8.18. The molecule has 3 rings (SSSR count). The summed E-state index contributed by atoms with van der Waals surface area (Å²) in [4.78, 5) is 17.7. The lowest BCUT2D eigenvalue weighted by Crippen LogP contribution is -2.18. The molecular weight excluding hydrogens is 295 g/mol. The Morgan fingerprint density at radius 2 is 2.00 bits per heavy atom. The lowest BCUT2D eigenvalue weighted by molar-refractivity contribution is 0.265. The number of amides is 1. The van der Waals surface area contributed by atoms with Crippen molar-refractivity contribution in [1.82, 2.24) is 5.32 Å². The molecule has 1 aromatic heterocycles. The fourth-order valence-corrected chi connectivity index (χ4v) is 3.12. The molecule has 2 heterocycles. The number of amidine groups is 1. The van der Waals surface area contributed by atoms with Gasteiger partial charge < -0.3 is 5.32 Å². The van der Waals surface area contributed by atoms with Crippen LogP contribution in [0.1, 0.15) is 4.88 Å². The van der Waals surface area contributed by atoms with E-state index in [0.29, 0.717) is 11.5 Å². The highest BCUT2D eigenvalue weighted by Crippen LogP contribution is 2.29. The van der Waals surface area contributed by atoms with Crippen molar-refractivity contribution >= 4 is 45.9 Å². The molecule has 20 heavy (non-hydrogen) atoms. The topological polar surface area (TPSA) is 41.5 Å². The summed E-state index contributed by atoms with van der Waals surface area (Å²) in [6, 6.07) is 9.73. The fourth-order valence-electron chi connectivity index (χ4n) is 1.66. The first-order chi connectivity index (χ1) is 9.70. The van der Waals surface area contributed by atoms with Gasteiger partial charge in [0, 0.05) is 4.88 Å². The Morgan fingerprint density at radius 1 is 1.20 bits per heavy atom. The number of carbonyl (C=O) groups excluding carboxylic acids is 1. The van der Waals surface area contributed by atoms with Crippen molar-refractivity contribution in [3.63, 3.8) is 0 Å². The number of nitrogens with zero attached hydrogens (tertiary/aromatic N) is 1. The summed E-state index contributed by atoms with van der Waals surface area (Å²) < 4.78 is 12.9. The van der Waals surface area contributed by atoms with Crippen LogP contribution in [0, 0.1) is 5.82 Å². The minimum Gasteiger partial charge on any atom is -0.300 e. The monoisotopic (exact) mass is 304 g/mol. The van der Waals surface area contributed by atoms with Gasteiger partial charge in [-0.1, -0.05) is 6.07 Å². The van der Waals surface area contributed by atoms with E-state index >= 15 is 0 Å². The van der Waals surface area contributed by atoms with Gasteiger partial charge in [0.05, 0.1) is 10.6 Å². The molecule has 0 saturated carbocycles.